The Morgan fingerprint density at radius 2 is 1.94 bits per heavy atom. The number of hydrogen-bond acceptors (Lipinski definition) is 6. The molecule has 0 N–H and O–H groups in total. The molecule has 1 atom stereocenters. The minimum absolute atomic E-state index is 0.0796. The van der Waals surface area contributed by atoms with E-state index in [2.05, 4.69) is 50.4 Å². The molecule has 0 unspecified atom stereocenters. The van der Waals surface area contributed by atoms with Gasteiger partial charge in [0.15, 0.2) is 0 Å². The Hall–Kier alpha value is -3.06. The van der Waals surface area contributed by atoms with E-state index >= 15 is 0 Å². The number of nitrogens with zero attached hydrogens (tertiary/aromatic N) is 5. The summed E-state index contributed by atoms with van der Waals surface area (Å²) in [6.07, 6.45) is 7.32. The monoisotopic (exact) mass is 431 g/mol. The van der Waals surface area contributed by atoms with Crippen LogP contribution in [0.1, 0.15) is 53.0 Å². The fourth-order valence-electron chi connectivity index (χ4n) is 5.21. The van der Waals surface area contributed by atoms with Crippen molar-refractivity contribution in [3.8, 4) is 0 Å². The van der Waals surface area contributed by atoms with Gasteiger partial charge in [0.1, 0.15) is 0 Å². The van der Waals surface area contributed by atoms with Crippen LogP contribution in [0.15, 0.2) is 59.3 Å². The predicted octanol–water partition coefficient (Wildman–Crippen LogP) is 3.69. The van der Waals surface area contributed by atoms with Crippen molar-refractivity contribution in [3.63, 3.8) is 0 Å². The summed E-state index contributed by atoms with van der Waals surface area (Å²) < 4.78 is 5.87. The first-order valence-electron chi connectivity index (χ1n) is 11.4. The van der Waals surface area contributed by atoms with Crippen molar-refractivity contribution in [1.29, 1.82) is 0 Å². The predicted molar refractivity (Wildman–Crippen MR) is 120 cm³/mol. The molecular weight excluding hydrogens is 402 g/mol. The van der Waals surface area contributed by atoms with Crippen molar-refractivity contribution in [3.05, 3.63) is 77.8 Å². The van der Waals surface area contributed by atoms with E-state index in [4.69, 9.17) is 4.42 Å². The number of amides is 1. The molecular formula is C25H29N5O2. The van der Waals surface area contributed by atoms with Gasteiger partial charge in [-0.25, -0.2) is 0 Å². The van der Waals surface area contributed by atoms with E-state index in [-0.39, 0.29) is 17.4 Å². The van der Waals surface area contributed by atoms with Gasteiger partial charge in [0.2, 0.25) is 11.8 Å². The molecule has 1 spiro atoms. The molecule has 2 aliphatic heterocycles. The number of benzene rings is 1. The maximum absolute atomic E-state index is 12.9. The molecule has 2 fully saturated rings. The van der Waals surface area contributed by atoms with Crippen LogP contribution < -0.4 is 0 Å². The Kier molecular flexibility index (Phi) is 5.74. The van der Waals surface area contributed by atoms with Crippen LogP contribution in [0.2, 0.25) is 0 Å². The molecule has 32 heavy (non-hydrogen) atoms. The molecule has 1 aromatic carbocycles. The van der Waals surface area contributed by atoms with Crippen molar-refractivity contribution in [1.82, 2.24) is 25.0 Å². The zero-order valence-corrected chi connectivity index (χ0v) is 18.5. The molecule has 2 aliphatic rings. The summed E-state index contributed by atoms with van der Waals surface area (Å²) in [6, 6.07) is 14.4. The highest BCUT2D eigenvalue weighted by Gasteiger charge is 2.48. The molecule has 5 rings (SSSR count). The highest BCUT2D eigenvalue weighted by atomic mass is 16.4. The summed E-state index contributed by atoms with van der Waals surface area (Å²) in [5, 5.41) is 8.45. The third-order valence-corrected chi connectivity index (χ3v) is 6.98. The average Bonchev–Trinajstić information content (AvgIpc) is 3.42. The highest BCUT2D eigenvalue weighted by molar-refractivity contribution is 5.93. The second-order valence-electron chi connectivity index (χ2n) is 9.12. The van der Waals surface area contributed by atoms with Gasteiger partial charge >= 0.3 is 0 Å². The molecule has 2 aromatic heterocycles. The molecule has 0 radical (unpaired) electrons. The lowest BCUT2D eigenvalue weighted by molar-refractivity contribution is 0.0589. The van der Waals surface area contributed by atoms with E-state index in [1.54, 1.807) is 12.4 Å². The second kappa shape index (κ2) is 8.82. The molecule has 4 heterocycles. The average molecular weight is 432 g/mol. The number of likely N-dealkylation sites (tertiary alicyclic amines) is 2. The van der Waals surface area contributed by atoms with E-state index in [1.165, 1.54) is 5.56 Å². The molecule has 7 heteroatoms. The third-order valence-electron chi connectivity index (χ3n) is 6.98. The van der Waals surface area contributed by atoms with Crippen LogP contribution in [0.5, 0.6) is 0 Å². The molecule has 3 aromatic rings. The Labute approximate surface area is 188 Å². The normalized spacial score (nSPS) is 20.7. The number of carbonyl (C=O) groups excluding carboxylic acids is 1. The Morgan fingerprint density at radius 3 is 2.62 bits per heavy atom. The van der Waals surface area contributed by atoms with Crippen molar-refractivity contribution < 1.29 is 9.21 Å². The van der Waals surface area contributed by atoms with E-state index < -0.39 is 0 Å². The summed E-state index contributed by atoms with van der Waals surface area (Å²) >= 11 is 0. The molecule has 166 valence electrons. The van der Waals surface area contributed by atoms with Crippen molar-refractivity contribution in [2.24, 2.45) is 5.41 Å². The first-order chi connectivity index (χ1) is 15.6. The molecule has 0 bridgehead atoms. The van der Waals surface area contributed by atoms with Gasteiger partial charge in [-0.05, 0) is 48.8 Å². The summed E-state index contributed by atoms with van der Waals surface area (Å²) in [5.74, 6) is 1.41. The number of hydrogen-bond donors (Lipinski definition) is 0. The van der Waals surface area contributed by atoms with Crippen molar-refractivity contribution in [2.45, 2.75) is 38.6 Å². The van der Waals surface area contributed by atoms with Crippen LogP contribution in [-0.2, 0) is 6.42 Å². The number of pyridine rings is 1. The molecule has 1 amide bonds. The van der Waals surface area contributed by atoms with Gasteiger partial charge in [0.25, 0.3) is 5.91 Å². The Balaban J connectivity index is 1.29. The van der Waals surface area contributed by atoms with Crippen LogP contribution in [0.3, 0.4) is 0 Å². The van der Waals surface area contributed by atoms with E-state index in [9.17, 15) is 4.79 Å². The van der Waals surface area contributed by atoms with E-state index in [0.717, 1.165) is 57.8 Å². The first-order valence-corrected chi connectivity index (χ1v) is 11.4. The summed E-state index contributed by atoms with van der Waals surface area (Å²) in [6.45, 7) is 5.35. The van der Waals surface area contributed by atoms with Crippen LogP contribution in [-0.4, -0.2) is 57.1 Å². The van der Waals surface area contributed by atoms with Gasteiger partial charge in [-0.15, -0.1) is 10.2 Å². The first kappa shape index (κ1) is 20.8. The number of rotatable bonds is 5. The SMILES string of the molecule is Cc1nnc([C@@H]2CC3(CCN(C(=O)c4cccnc4)CC3)CN2CCc2ccccc2)o1. The number of carbonyl (C=O) groups is 1. The lowest BCUT2D eigenvalue weighted by atomic mass is 9.76. The van der Waals surface area contributed by atoms with Gasteiger partial charge in [-0.3, -0.25) is 14.7 Å². The van der Waals surface area contributed by atoms with Gasteiger partial charge in [0.05, 0.1) is 11.6 Å². The molecule has 7 nitrogen and oxygen atoms in total. The minimum atomic E-state index is 0.0796. The summed E-state index contributed by atoms with van der Waals surface area (Å²) in [7, 11) is 0. The quantitative estimate of drug-likeness (QED) is 0.613. The zero-order valence-electron chi connectivity index (χ0n) is 18.5. The van der Waals surface area contributed by atoms with Crippen LogP contribution >= 0.6 is 0 Å². The number of aromatic nitrogens is 3. The standard InChI is InChI=1S/C25H29N5O2/c1-19-27-28-23(32-19)22-16-25(18-30(22)13-9-20-6-3-2-4-7-20)10-14-29(15-11-25)24(31)21-8-5-12-26-17-21/h2-8,12,17,22H,9-11,13-16,18H2,1H3/t22-/m0/s1. The van der Waals surface area contributed by atoms with Crippen molar-refractivity contribution >= 4 is 5.91 Å². The van der Waals surface area contributed by atoms with Gasteiger partial charge in [-0.1, -0.05) is 30.3 Å². The smallest absolute Gasteiger partial charge is 0.255 e. The van der Waals surface area contributed by atoms with Crippen LogP contribution in [0.25, 0.3) is 0 Å². The highest BCUT2D eigenvalue weighted by Crippen LogP contribution is 2.48. The summed E-state index contributed by atoms with van der Waals surface area (Å²) in [4.78, 5) is 21.4. The molecule has 2 saturated heterocycles. The lowest BCUT2D eigenvalue weighted by Crippen LogP contribution is -2.44. The third kappa shape index (κ3) is 4.30. The zero-order chi connectivity index (χ0) is 22.0. The lowest BCUT2D eigenvalue weighted by Gasteiger charge is -2.39. The number of aryl methyl sites for hydroxylation is 1. The maximum Gasteiger partial charge on any atom is 0.255 e. The van der Waals surface area contributed by atoms with E-state index in [0.29, 0.717) is 11.5 Å². The number of piperidine rings is 1. The second-order valence-corrected chi connectivity index (χ2v) is 9.12. The Morgan fingerprint density at radius 1 is 1.12 bits per heavy atom. The van der Waals surface area contributed by atoms with Crippen LogP contribution in [0.4, 0.5) is 0 Å². The largest absolute Gasteiger partial charge is 0.424 e. The maximum atomic E-state index is 12.9. The topological polar surface area (TPSA) is 75.4 Å². The Bertz CT molecular complexity index is 1040. The van der Waals surface area contributed by atoms with Gasteiger partial charge in [0, 0.05) is 45.5 Å². The van der Waals surface area contributed by atoms with Gasteiger partial charge < -0.3 is 9.32 Å². The van der Waals surface area contributed by atoms with Crippen molar-refractivity contribution in [2.75, 3.05) is 26.2 Å². The molecule has 0 saturated carbocycles. The fourth-order valence-corrected chi connectivity index (χ4v) is 5.21. The van der Waals surface area contributed by atoms with Crippen LogP contribution in [0, 0.1) is 12.3 Å². The minimum Gasteiger partial charge on any atom is -0.424 e. The summed E-state index contributed by atoms with van der Waals surface area (Å²) in [5.41, 5.74) is 2.18. The van der Waals surface area contributed by atoms with Gasteiger partial charge in [-0.2, -0.15) is 0 Å². The van der Waals surface area contributed by atoms with E-state index in [1.807, 2.05) is 24.0 Å². The molecule has 0 aliphatic carbocycles. The fraction of sp³-hybridized carbons (Fsp3) is 0.440.